The maximum atomic E-state index is 14.5. The Bertz CT molecular complexity index is 1740. The maximum absolute atomic E-state index is 14.5. The normalized spacial score (nSPS) is 24.8. The Kier molecular flexibility index (Phi) is 7.06. The number of esters is 1. The molecule has 0 unspecified atom stereocenters. The molecule has 226 valence electrons. The molecule has 3 atom stereocenters. The smallest absolute Gasteiger partial charge is 0.330 e. The number of imide groups is 1. The van der Waals surface area contributed by atoms with Gasteiger partial charge in [0.1, 0.15) is 21.5 Å². The van der Waals surface area contributed by atoms with Crippen molar-refractivity contribution in [3.05, 3.63) is 137 Å². The Hall–Kier alpha value is -4.46. The van der Waals surface area contributed by atoms with Gasteiger partial charge in [-0.3, -0.25) is 19.3 Å². The standard InChI is InChI=1S/C36H27Cl2NO6/c1-44-23-17-15-22(16-18-23)29(40)20-45-34(43)28(19-21-9-3-2-4-10-21)39-32(41)30-31(33(39)42)36(38)25-12-6-5-11-24(25)35(30,37)26-13-7-8-14-27(26)36/h2-18,28,30-31H,19-20H2,1H3/t28-,30-,31+,35?,36?/m1/s1. The highest BCUT2D eigenvalue weighted by atomic mass is 35.5. The number of Topliss-reactive ketones (excluding diaryl/α,β-unsaturated/α-hetero) is 1. The Balaban J connectivity index is 1.27. The van der Waals surface area contributed by atoms with Crippen molar-refractivity contribution in [3.8, 4) is 5.75 Å². The minimum atomic E-state index is -1.39. The monoisotopic (exact) mass is 639 g/mol. The topological polar surface area (TPSA) is 90.0 Å². The number of likely N-dealkylation sites (tertiary alicyclic amines) is 1. The molecule has 9 heteroatoms. The van der Waals surface area contributed by atoms with E-state index >= 15 is 0 Å². The summed E-state index contributed by atoms with van der Waals surface area (Å²) >= 11 is 15.1. The van der Waals surface area contributed by atoms with Gasteiger partial charge >= 0.3 is 5.97 Å². The van der Waals surface area contributed by atoms with Crippen LogP contribution >= 0.6 is 23.2 Å². The lowest BCUT2D eigenvalue weighted by atomic mass is 9.54. The number of benzene rings is 4. The molecule has 1 aliphatic heterocycles. The van der Waals surface area contributed by atoms with Gasteiger partial charge in [0, 0.05) is 12.0 Å². The Labute approximate surface area is 269 Å². The van der Waals surface area contributed by atoms with Crippen molar-refractivity contribution in [1.29, 1.82) is 0 Å². The highest BCUT2D eigenvalue weighted by molar-refractivity contribution is 6.36. The van der Waals surface area contributed by atoms with Crippen LogP contribution in [0.1, 0.15) is 38.2 Å². The third-order valence-corrected chi connectivity index (χ3v) is 10.5. The van der Waals surface area contributed by atoms with Gasteiger partial charge in [0.2, 0.25) is 11.8 Å². The molecular weight excluding hydrogens is 613 g/mol. The zero-order chi connectivity index (χ0) is 31.5. The molecule has 4 aliphatic rings. The fourth-order valence-corrected chi connectivity index (χ4v) is 8.30. The predicted molar refractivity (Wildman–Crippen MR) is 167 cm³/mol. The molecule has 2 amide bonds. The molecule has 0 radical (unpaired) electrons. The first-order chi connectivity index (χ1) is 21.7. The zero-order valence-electron chi connectivity index (χ0n) is 24.1. The summed E-state index contributed by atoms with van der Waals surface area (Å²) < 4.78 is 10.7. The summed E-state index contributed by atoms with van der Waals surface area (Å²) in [6.07, 6.45) is -0.0161. The predicted octanol–water partition coefficient (Wildman–Crippen LogP) is 5.63. The molecule has 1 fully saturated rings. The van der Waals surface area contributed by atoms with E-state index in [9.17, 15) is 19.2 Å². The van der Waals surface area contributed by atoms with Crippen LogP contribution in [0.4, 0.5) is 0 Å². The van der Waals surface area contributed by atoms with Crippen molar-refractivity contribution in [2.45, 2.75) is 22.2 Å². The maximum Gasteiger partial charge on any atom is 0.330 e. The van der Waals surface area contributed by atoms with E-state index in [2.05, 4.69) is 0 Å². The highest BCUT2D eigenvalue weighted by Crippen LogP contribution is 2.69. The summed E-state index contributed by atoms with van der Waals surface area (Å²) in [5.74, 6) is -4.09. The summed E-state index contributed by atoms with van der Waals surface area (Å²) in [7, 11) is 1.52. The van der Waals surface area contributed by atoms with Crippen LogP contribution in [0.2, 0.25) is 0 Å². The van der Waals surface area contributed by atoms with Crippen molar-refractivity contribution in [2.75, 3.05) is 13.7 Å². The lowest BCUT2D eigenvalue weighted by molar-refractivity contribution is -0.158. The number of nitrogens with zero attached hydrogens (tertiary/aromatic N) is 1. The quantitative estimate of drug-likeness (QED) is 0.108. The molecule has 2 bridgehead atoms. The number of hydrogen-bond acceptors (Lipinski definition) is 6. The van der Waals surface area contributed by atoms with Crippen LogP contribution < -0.4 is 4.74 Å². The lowest BCUT2D eigenvalue weighted by Crippen LogP contribution is -2.57. The van der Waals surface area contributed by atoms with E-state index in [0.29, 0.717) is 39.1 Å². The second-order valence-electron chi connectivity index (χ2n) is 11.5. The molecule has 0 aromatic heterocycles. The summed E-state index contributed by atoms with van der Waals surface area (Å²) in [6.45, 7) is -0.574. The summed E-state index contributed by atoms with van der Waals surface area (Å²) in [4.78, 5) is 54.0. The van der Waals surface area contributed by atoms with E-state index < -0.39 is 57.8 Å². The number of methoxy groups -OCH3 is 1. The number of halogens is 2. The van der Waals surface area contributed by atoms with Gasteiger partial charge in [0.05, 0.1) is 18.9 Å². The third kappa shape index (κ3) is 4.25. The number of rotatable bonds is 8. The van der Waals surface area contributed by atoms with Crippen LogP contribution in [0, 0.1) is 11.8 Å². The average molecular weight is 641 g/mol. The van der Waals surface area contributed by atoms with Crippen molar-refractivity contribution in [1.82, 2.24) is 4.90 Å². The van der Waals surface area contributed by atoms with Crippen LogP contribution in [-0.4, -0.2) is 48.2 Å². The van der Waals surface area contributed by atoms with Crippen LogP contribution in [0.5, 0.6) is 5.75 Å². The summed E-state index contributed by atoms with van der Waals surface area (Å²) in [5, 5.41) is 0. The first-order valence-electron chi connectivity index (χ1n) is 14.5. The second kappa shape index (κ2) is 10.9. The fraction of sp³-hybridized carbons (Fsp3) is 0.222. The largest absolute Gasteiger partial charge is 0.497 e. The van der Waals surface area contributed by atoms with Gasteiger partial charge in [-0.25, -0.2) is 4.79 Å². The number of hydrogen-bond donors (Lipinski definition) is 0. The fourth-order valence-electron chi connectivity index (χ4n) is 7.21. The molecule has 1 heterocycles. The van der Waals surface area contributed by atoms with E-state index in [1.54, 1.807) is 48.5 Å². The Morgan fingerprint density at radius 1 is 0.733 bits per heavy atom. The van der Waals surface area contributed by atoms with Crippen molar-refractivity contribution >= 4 is 46.8 Å². The van der Waals surface area contributed by atoms with Gasteiger partial charge < -0.3 is 9.47 Å². The average Bonchev–Trinajstić information content (AvgIpc) is 3.35. The van der Waals surface area contributed by atoms with Crippen LogP contribution in [0.3, 0.4) is 0 Å². The van der Waals surface area contributed by atoms with E-state index in [-0.39, 0.29) is 6.42 Å². The van der Waals surface area contributed by atoms with Gasteiger partial charge in [0.15, 0.2) is 12.4 Å². The number of carbonyl (C=O) groups is 4. The summed E-state index contributed by atoms with van der Waals surface area (Å²) in [5.41, 5.74) is 3.68. The van der Waals surface area contributed by atoms with Gasteiger partial charge in [-0.15, -0.1) is 23.2 Å². The Morgan fingerprint density at radius 2 is 1.20 bits per heavy atom. The summed E-state index contributed by atoms with van der Waals surface area (Å²) in [6, 6.07) is 28.7. The van der Waals surface area contributed by atoms with Gasteiger partial charge in [-0.05, 0) is 52.1 Å². The van der Waals surface area contributed by atoms with Gasteiger partial charge in [-0.1, -0.05) is 78.9 Å². The second-order valence-corrected chi connectivity index (χ2v) is 12.7. The van der Waals surface area contributed by atoms with Crippen molar-refractivity contribution < 1.29 is 28.7 Å². The molecule has 7 nitrogen and oxygen atoms in total. The van der Waals surface area contributed by atoms with Crippen molar-refractivity contribution in [3.63, 3.8) is 0 Å². The lowest BCUT2D eigenvalue weighted by Gasteiger charge is -2.54. The van der Waals surface area contributed by atoms with Crippen molar-refractivity contribution in [2.24, 2.45) is 11.8 Å². The number of ether oxygens (including phenoxy) is 2. The molecule has 0 spiro atoms. The molecule has 8 rings (SSSR count). The molecule has 0 N–H and O–H groups in total. The first kappa shape index (κ1) is 29.3. The van der Waals surface area contributed by atoms with Crippen LogP contribution in [0.25, 0.3) is 0 Å². The van der Waals surface area contributed by atoms with Gasteiger partial charge in [0.25, 0.3) is 0 Å². The molecule has 1 saturated heterocycles. The number of ketones is 1. The zero-order valence-corrected chi connectivity index (χ0v) is 25.6. The van der Waals surface area contributed by atoms with Crippen LogP contribution in [0.15, 0.2) is 103 Å². The van der Waals surface area contributed by atoms with Crippen LogP contribution in [-0.2, 0) is 35.3 Å². The molecule has 3 aliphatic carbocycles. The minimum Gasteiger partial charge on any atom is -0.497 e. The SMILES string of the molecule is COc1ccc(C(=O)COC(=O)[C@@H](Cc2ccccc2)N2C(=O)[C@@H]3[C@H](C2=O)C2(Cl)c4ccccc4C3(Cl)c3ccccc32)cc1. The number of alkyl halides is 2. The molecule has 4 aromatic rings. The third-order valence-electron chi connectivity index (χ3n) is 9.23. The van der Waals surface area contributed by atoms with Gasteiger partial charge in [-0.2, -0.15) is 0 Å². The minimum absolute atomic E-state index is 0.0161. The Morgan fingerprint density at radius 3 is 1.67 bits per heavy atom. The number of amides is 2. The van der Waals surface area contributed by atoms with E-state index in [0.717, 1.165) is 4.90 Å². The molecule has 0 saturated carbocycles. The number of carbonyl (C=O) groups excluding carboxylic acids is 4. The molecule has 45 heavy (non-hydrogen) atoms. The first-order valence-corrected chi connectivity index (χ1v) is 15.3. The van der Waals surface area contributed by atoms with E-state index in [1.807, 2.05) is 54.6 Å². The van der Waals surface area contributed by atoms with E-state index in [1.165, 1.54) is 7.11 Å². The van der Waals surface area contributed by atoms with E-state index in [4.69, 9.17) is 32.7 Å². The molecule has 4 aromatic carbocycles. The molecular formula is C36H27Cl2NO6. The highest BCUT2D eigenvalue weighted by Gasteiger charge is 2.73.